The SMILES string of the molecule is Cc1ccc(-c2cccc(O)c2)c(CCC(N)=O)c1. The molecule has 2 aromatic carbocycles. The number of phenols is 1. The summed E-state index contributed by atoms with van der Waals surface area (Å²) in [4.78, 5) is 10.9. The lowest BCUT2D eigenvalue weighted by Gasteiger charge is -2.11. The maximum atomic E-state index is 10.9. The van der Waals surface area contributed by atoms with Gasteiger partial charge in [0, 0.05) is 6.42 Å². The summed E-state index contributed by atoms with van der Waals surface area (Å²) < 4.78 is 0. The lowest BCUT2D eigenvalue weighted by molar-refractivity contribution is -0.117. The Labute approximate surface area is 112 Å². The van der Waals surface area contributed by atoms with Crippen molar-refractivity contribution in [2.75, 3.05) is 0 Å². The Balaban J connectivity index is 2.41. The van der Waals surface area contributed by atoms with Crippen LogP contribution in [-0.2, 0) is 11.2 Å². The zero-order valence-corrected chi connectivity index (χ0v) is 10.9. The molecule has 0 saturated heterocycles. The molecule has 98 valence electrons. The van der Waals surface area contributed by atoms with E-state index in [9.17, 15) is 9.90 Å². The minimum atomic E-state index is -0.302. The van der Waals surface area contributed by atoms with Crippen LogP contribution in [0.4, 0.5) is 0 Å². The van der Waals surface area contributed by atoms with Gasteiger partial charge in [-0.05, 0) is 42.2 Å². The summed E-state index contributed by atoms with van der Waals surface area (Å²) >= 11 is 0. The van der Waals surface area contributed by atoms with Gasteiger partial charge in [0.15, 0.2) is 0 Å². The van der Waals surface area contributed by atoms with E-state index in [0.29, 0.717) is 12.8 Å². The lowest BCUT2D eigenvalue weighted by atomic mass is 9.95. The van der Waals surface area contributed by atoms with Gasteiger partial charge >= 0.3 is 0 Å². The van der Waals surface area contributed by atoms with Crippen LogP contribution in [0.5, 0.6) is 5.75 Å². The number of aromatic hydroxyl groups is 1. The van der Waals surface area contributed by atoms with Gasteiger partial charge < -0.3 is 10.8 Å². The van der Waals surface area contributed by atoms with E-state index in [4.69, 9.17) is 5.73 Å². The molecule has 0 fully saturated rings. The number of aryl methyl sites for hydroxylation is 2. The fourth-order valence-corrected chi connectivity index (χ4v) is 2.14. The standard InChI is InChI=1S/C16H17NO2/c1-11-5-7-15(12-3-2-4-14(18)10-12)13(9-11)6-8-16(17)19/h2-5,7,9-10,18H,6,8H2,1H3,(H2,17,19). The van der Waals surface area contributed by atoms with E-state index in [1.807, 2.05) is 31.2 Å². The minimum Gasteiger partial charge on any atom is -0.508 e. The van der Waals surface area contributed by atoms with E-state index in [0.717, 1.165) is 22.3 Å². The average Bonchev–Trinajstić information content (AvgIpc) is 2.36. The van der Waals surface area contributed by atoms with Crippen LogP contribution in [0.1, 0.15) is 17.5 Å². The van der Waals surface area contributed by atoms with Gasteiger partial charge in [0.1, 0.15) is 5.75 Å². The van der Waals surface area contributed by atoms with Crippen LogP contribution in [-0.4, -0.2) is 11.0 Å². The van der Waals surface area contributed by atoms with Gasteiger partial charge in [0.05, 0.1) is 0 Å². The topological polar surface area (TPSA) is 63.3 Å². The summed E-state index contributed by atoms with van der Waals surface area (Å²) in [6, 6.07) is 13.2. The van der Waals surface area contributed by atoms with E-state index >= 15 is 0 Å². The van der Waals surface area contributed by atoms with E-state index in [1.165, 1.54) is 0 Å². The second-order valence-corrected chi connectivity index (χ2v) is 4.68. The number of carbonyl (C=O) groups is 1. The molecule has 0 saturated carbocycles. The highest BCUT2D eigenvalue weighted by atomic mass is 16.3. The summed E-state index contributed by atoms with van der Waals surface area (Å²) in [6.45, 7) is 2.01. The minimum absolute atomic E-state index is 0.235. The van der Waals surface area contributed by atoms with Crippen molar-refractivity contribution in [2.24, 2.45) is 5.73 Å². The fourth-order valence-electron chi connectivity index (χ4n) is 2.14. The van der Waals surface area contributed by atoms with Gasteiger partial charge in [-0.15, -0.1) is 0 Å². The number of primary amides is 1. The highest BCUT2D eigenvalue weighted by molar-refractivity contribution is 5.75. The molecule has 0 aliphatic rings. The van der Waals surface area contributed by atoms with Crippen molar-refractivity contribution in [2.45, 2.75) is 19.8 Å². The number of hydrogen-bond donors (Lipinski definition) is 2. The predicted molar refractivity (Wildman–Crippen MR) is 75.8 cm³/mol. The molecule has 0 aliphatic carbocycles. The van der Waals surface area contributed by atoms with E-state index in [2.05, 4.69) is 6.07 Å². The van der Waals surface area contributed by atoms with Crippen LogP contribution >= 0.6 is 0 Å². The van der Waals surface area contributed by atoms with E-state index in [1.54, 1.807) is 12.1 Å². The van der Waals surface area contributed by atoms with Gasteiger partial charge in [-0.3, -0.25) is 4.79 Å². The molecule has 0 spiro atoms. The van der Waals surface area contributed by atoms with E-state index < -0.39 is 0 Å². The zero-order chi connectivity index (χ0) is 13.8. The normalized spacial score (nSPS) is 10.4. The molecule has 0 radical (unpaired) electrons. The second-order valence-electron chi connectivity index (χ2n) is 4.68. The molecule has 3 heteroatoms. The van der Waals surface area contributed by atoms with Gasteiger partial charge in [0.2, 0.25) is 5.91 Å². The van der Waals surface area contributed by atoms with Crippen molar-refractivity contribution in [1.82, 2.24) is 0 Å². The van der Waals surface area contributed by atoms with Crippen molar-refractivity contribution in [3.05, 3.63) is 53.6 Å². The van der Waals surface area contributed by atoms with Crippen LogP contribution in [0, 0.1) is 6.92 Å². The molecule has 1 amide bonds. The number of amides is 1. The van der Waals surface area contributed by atoms with Gasteiger partial charge in [-0.1, -0.05) is 35.9 Å². The molecule has 2 rings (SSSR count). The molecule has 0 heterocycles. The van der Waals surface area contributed by atoms with Crippen molar-refractivity contribution in [3.63, 3.8) is 0 Å². The summed E-state index contributed by atoms with van der Waals surface area (Å²) in [6.07, 6.45) is 0.942. The first-order valence-corrected chi connectivity index (χ1v) is 6.23. The quantitative estimate of drug-likeness (QED) is 0.882. The van der Waals surface area contributed by atoms with E-state index in [-0.39, 0.29) is 11.7 Å². The van der Waals surface area contributed by atoms with Crippen molar-refractivity contribution < 1.29 is 9.90 Å². The first kappa shape index (κ1) is 13.1. The van der Waals surface area contributed by atoms with Gasteiger partial charge in [0.25, 0.3) is 0 Å². The summed E-state index contributed by atoms with van der Waals surface area (Å²) in [5.41, 5.74) is 9.40. The molecule has 0 unspecified atom stereocenters. The predicted octanol–water partition coefficient (Wildman–Crippen LogP) is 2.79. The Morgan fingerprint density at radius 2 is 2.00 bits per heavy atom. The average molecular weight is 255 g/mol. The van der Waals surface area contributed by atoms with Crippen molar-refractivity contribution in [3.8, 4) is 16.9 Å². The fraction of sp³-hybridized carbons (Fsp3) is 0.188. The first-order valence-electron chi connectivity index (χ1n) is 6.23. The molecule has 0 atom stereocenters. The smallest absolute Gasteiger partial charge is 0.217 e. The third-order valence-electron chi connectivity index (χ3n) is 3.06. The molecule has 3 nitrogen and oxygen atoms in total. The second kappa shape index (κ2) is 5.57. The van der Waals surface area contributed by atoms with Crippen LogP contribution in [0.25, 0.3) is 11.1 Å². The Bertz CT molecular complexity index is 605. The third kappa shape index (κ3) is 3.35. The molecular formula is C16H17NO2. The van der Waals surface area contributed by atoms with Crippen LogP contribution in [0.2, 0.25) is 0 Å². The molecular weight excluding hydrogens is 238 g/mol. The number of nitrogens with two attached hydrogens (primary N) is 1. The number of phenolic OH excluding ortho intramolecular Hbond substituents is 1. The summed E-state index contributed by atoms with van der Waals surface area (Å²) in [5.74, 6) is -0.0673. The molecule has 2 aromatic rings. The Morgan fingerprint density at radius 1 is 1.21 bits per heavy atom. The monoisotopic (exact) mass is 255 g/mol. The van der Waals surface area contributed by atoms with Crippen molar-refractivity contribution >= 4 is 5.91 Å². The van der Waals surface area contributed by atoms with Crippen LogP contribution in [0.3, 0.4) is 0 Å². The zero-order valence-electron chi connectivity index (χ0n) is 10.9. The molecule has 3 N–H and O–H groups in total. The molecule has 19 heavy (non-hydrogen) atoms. The summed E-state index contributed by atoms with van der Waals surface area (Å²) in [5, 5.41) is 9.56. The maximum absolute atomic E-state index is 10.9. The third-order valence-corrected chi connectivity index (χ3v) is 3.06. The van der Waals surface area contributed by atoms with Gasteiger partial charge in [-0.25, -0.2) is 0 Å². The summed E-state index contributed by atoms with van der Waals surface area (Å²) in [7, 11) is 0. The Morgan fingerprint density at radius 3 is 2.68 bits per heavy atom. The first-order chi connectivity index (χ1) is 9.06. The Hall–Kier alpha value is -2.29. The number of benzene rings is 2. The highest BCUT2D eigenvalue weighted by Crippen LogP contribution is 2.28. The number of hydrogen-bond acceptors (Lipinski definition) is 2. The molecule has 0 bridgehead atoms. The maximum Gasteiger partial charge on any atom is 0.217 e. The van der Waals surface area contributed by atoms with Crippen molar-refractivity contribution in [1.29, 1.82) is 0 Å². The van der Waals surface area contributed by atoms with Crippen LogP contribution < -0.4 is 5.73 Å². The molecule has 0 aromatic heterocycles. The highest BCUT2D eigenvalue weighted by Gasteiger charge is 2.07. The largest absolute Gasteiger partial charge is 0.508 e. The number of rotatable bonds is 4. The molecule has 0 aliphatic heterocycles. The number of carbonyl (C=O) groups excluding carboxylic acids is 1. The van der Waals surface area contributed by atoms with Gasteiger partial charge in [-0.2, -0.15) is 0 Å². The lowest BCUT2D eigenvalue weighted by Crippen LogP contribution is -2.11. The Kier molecular flexibility index (Phi) is 3.85. The van der Waals surface area contributed by atoms with Crippen LogP contribution in [0.15, 0.2) is 42.5 Å².